The van der Waals surface area contributed by atoms with Gasteiger partial charge < -0.3 is 5.11 Å². The molecule has 0 fully saturated rings. The second-order valence-electron chi connectivity index (χ2n) is 4.47. The van der Waals surface area contributed by atoms with Crippen molar-refractivity contribution in [3.05, 3.63) is 70.8 Å². The number of carbonyl (C=O) groups is 1. The van der Waals surface area contributed by atoms with Crippen LogP contribution < -0.4 is 0 Å². The molecule has 0 radical (unpaired) electrons. The summed E-state index contributed by atoms with van der Waals surface area (Å²) in [5.41, 5.74) is 3.86. The van der Waals surface area contributed by atoms with E-state index in [-0.39, 0.29) is 0 Å². The van der Waals surface area contributed by atoms with Crippen molar-refractivity contribution >= 4 is 5.97 Å². The molecule has 0 heterocycles. The Bertz CT molecular complexity index is 559. The van der Waals surface area contributed by atoms with Gasteiger partial charge in [-0.1, -0.05) is 48.5 Å². The number of aryl methyl sites for hydroxylation is 1. The van der Waals surface area contributed by atoms with Crippen molar-refractivity contribution in [1.82, 2.24) is 0 Å². The lowest BCUT2D eigenvalue weighted by molar-refractivity contribution is -0.137. The second-order valence-corrected chi connectivity index (χ2v) is 4.47. The SMILES string of the molecule is Cc1cccc(C(C(=O)O)c2ccccc2)c1C. The standard InChI is InChI=1S/C16H16O2/c1-11-7-6-10-14(12(11)2)15(16(17)18)13-8-4-3-5-9-13/h3-10,15H,1-2H3,(H,17,18). The van der Waals surface area contributed by atoms with Crippen LogP contribution in [0.4, 0.5) is 0 Å². The minimum absolute atomic E-state index is 0.592. The Kier molecular flexibility index (Phi) is 3.47. The third kappa shape index (κ3) is 2.28. The fourth-order valence-electron chi connectivity index (χ4n) is 2.19. The van der Waals surface area contributed by atoms with E-state index in [4.69, 9.17) is 0 Å². The van der Waals surface area contributed by atoms with Crippen LogP contribution in [0.3, 0.4) is 0 Å². The van der Waals surface area contributed by atoms with Crippen molar-refractivity contribution in [3.63, 3.8) is 0 Å². The Hall–Kier alpha value is -2.09. The highest BCUT2D eigenvalue weighted by Gasteiger charge is 2.23. The molecule has 18 heavy (non-hydrogen) atoms. The van der Waals surface area contributed by atoms with Crippen LogP contribution in [0.5, 0.6) is 0 Å². The number of hydrogen-bond donors (Lipinski definition) is 1. The number of aliphatic carboxylic acids is 1. The van der Waals surface area contributed by atoms with Crippen LogP contribution in [-0.4, -0.2) is 11.1 Å². The Morgan fingerprint density at radius 3 is 2.28 bits per heavy atom. The largest absolute Gasteiger partial charge is 0.481 e. The van der Waals surface area contributed by atoms with Gasteiger partial charge in [-0.15, -0.1) is 0 Å². The van der Waals surface area contributed by atoms with E-state index >= 15 is 0 Å². The number of rotatable bonds is 3. The van der Waals surface area contributed by atoms with Crippen LogP contribution in [0.1, 0.15) is 28.2 Å². The van der Waals surface area contributed by atoms with Gasteiger partial charge in [-0.25, -0.2) is 0 Å². The molecule has 2 rings (SSSR count). The summed E-state index contributed by atoms with van der Waals surface area (Å²) in [5, 5.41) is 9.50. The summed E-state index contributed by atoms with van der Waals surface area (Å²) in [4.78, 5) is 11.6. The first-order valence-electron chi connectivity index (χ1n) is 5.95. The molecule has 2 heteroatoms. The van der Waals surface area contributed by atoms with Gasteiger partial charge in [0.2, 0.25) is 0 Å². The van der Waals surface area contributed by atoms with Crippen LogP contribution in [0.25, 0.3) is 0 Å². The zero-order chi connectivity index (χ0) is 13.1. The molecule has 0 aliphatic rings. The summed E-state index contributed by atoms with van der Waals surface area (Å²) in [6.07, 6.45) is 0. The van der Waals surface area contributed by atoms with Gasteiger partial charge in [-0.3, -0.25) is 4.79 Å². The average molecular weight is 240 g/mol. The summed E-state index contributed by atoms with van der Waals surface area (Å²) < 4.78 is 0. The molecular formula is C16H16O2. The van der Waals surface area contributed by atoms with E-state index in [1.54, 1.807) is 0 Å². The summed E-state index contributed by atoms with van der Waals surface area (Å²) in [6.45, 7) is 3.98. The minimum atomic E-state index is -0.810. The number of carboxylic acid groups (broad SMARTS) is 1. The maximum atomic E-state index is 11.6. The predicted octanol–water partition coefficient (Wildman–Crippen LogP) is 3.52. The molecule has 0 bridgehead atoms. The highest BCUT2D eigenvalue weighted by molar-refractivity contribution is 5.81. The topological polar surface area (TPSA) is 37.3 Å². The van der Waals surface area contributed by atoms with Gasteiger partial charge in [0.25, 0.3) is 0 Å². The molecule has 2 aromatic rings. The Balaban J connectivity index is 2.56. The summed E-state index contributed by atoms with van der Waals surface area (Å²) in [5.74, 6) is -1.40. The zero-order valence-electron chi connectivity index (χ0n) is 10.6. The van der Waals surface area contributed by atoms with Gasteiger partial charge >= 0.3 is 5.97 Å². The van der Waals surface area contributed by atoms with Crippen LogP contribution in [-0.2, 0) is 4.79 Å². The lowest BCUT2D eigenvalue weighted by atomic mass is 9.87. The van der Waals surface area contributed by atoms with Gasteiger partial charge in [0.05, 0.1) is 0 Å². The van der Waals surface area contributed by atoms with Crippen molar-refractivity contribution in [2.24, 2.45) is 0 Å². The van der Waals surface area contributed by atoms with Gasteiger partial charge in [-0.05, 0) is 36.1 Å². The van der Waals surface area contributed by atoms with Crippen LogP contribution >= 0.6 is 0 Å². The van der Waals surface area contributed by atoms with Gasteiger partial charge in [0.1, 0.15) is 5.92 Å². The maximum Gasteiger partial charge on any atom is 0.315 e. The van der Waals surface area contributed by atoms with Gasteiger partial charge in [0.15, 0.2) is 0 Å². The molecule has 92 valence electrons. The number of hydrogen-bond acceptors (Lipinski definition) is 1. The summed E-state index contributed by atoms with van der Waals surface area (Å²) in [6, 6.07) is 15.2. The third-order valence-corrected chi connectivity index (χ3v) is 3.34. The second kappa shape index (κ2) is 5.05. The highest BCUT2D eigenvalue weighted by Crippen LogP contribution is 2.28. The number of carboxylic acids is 1. The summed E-state index contributed by atoms with van der Waals surface area (Å²) in [7, 11) is 0. The van der Waals surface area contributed by atoms with Crippen LogP contribution in [0.2, 0.25) is 0 Å². The van der Waals surface area contributed by atoms with Crippen LogP contribution in [0.15, 0.2) is 48.5 Å². The molecule has 1 atom stereocenters. The molecule has 1 N–H and O–H groups in total. The fraction of sp³-hybridized carbons (Fsp3) is 0.188. The molecule has 0 aliphatic carbocycles. The molecule has 1 unspecified atom stereocenters. The van der Waals surface area contributed by atoms with E-state index < -0.39 is 11.9 Å². The first-order chi connectivity index (χ1) is 8.61. The minimum Gasteiger partial charge on any atom is -0.481 e. The monoisotopic (exact) mass is 240 g/mol. The van der Waals surface area contributed by atoms with E-state index in [9.17, 15) is 9.90 Å². The van der Waals surface area contributed by atoms with Gasteiger partial charge in [-0.2, -0.15) is 0 Å². The van der Waals surface area contributed by atoms with Crippen molar-refractivity contribution in [2.45, 2.75) is 19.8 Å². The van der Waals surface area contributed by atoms with Crippen molar-refractivity contribution in [1.29, 1.82) is 0 Å². The molecule has 2 nitrogen and oxygen atoms in total. The normalized spacial score (nSPS) is 12.1. The maximum absolute atomic E-state index is 11.6. The molecule has 0 aliphatic heterocycles. The molecule has 0 spiro atoms. The Morgan fingerprint density at radius 1 is 1.00 bits per heavy atom. The first-order valence-corrected chi connectivity index (χ1v) is 5.95. The zero-order valence-corrected chi connectivity index (χ0v) is 10.6. The predicted molar refractivity (Wildman–Crippen MR) is 71.8 cm³/mol. The van der Waals surface area contributed by atoms with E-state index in [2.05, 4.69) is 0 Å². The van der Waals surface area contributed by atoms with Crippen LogP contribution in [0, 0.1) is 13.8 Å². The molecule has 0 saturated heterocycles. The quantitative estimate of drug-likeness (QED) is 0.891. The molecule has 0 amide bonds. The van der Waals surface area contributed by atoms with E-state index in [0.717, 1.165) is 22.3 Å². The molecule has 0 saturated carbocycles. The molecular weight excluding hydrogens is 224 g/mol. The Morgan fingerprint density at radius 2 is 1.67 bits per heavy atom. The van der Waals surface area contributed by atoms with Crippen molar-refractivity contribution in [3.8, 4) is 0 Å². The third-order valence-electron chi connectivity index (χ3n) is 3.34. The highest BCUT2D eigenvalue weighted by atomic mass is 16.4. The molecule has 0 aromatic heterocycles. The lowest BCUT2D eigenvalue weighted by Gasteiger charge is -2.17. The van der Waals surface area contributed by atoms with Gasteiger partial charge in [0, 0.05) is 0 Å². The van der Waals surface area contributed by atoms with Crippen molar-refractivity contribution < 1.29 is 9.90 Å². The van der Waals surface area contributed by atoms with E-state index in [1.807, 2.05) is 62.4 Å². The Labute approximate surface area is 107 Å². The smallest absolute Gasteiger partial charge is 0.315 e. The van der Waals surface area contributed by atoms with E-state index in [0.29, 0.717) is 0 Å². The molecule has 2 aromatic carbocycles. The first kappa shape index (κ1) is 12.4. The lowest BCUT2D eigenvalue weighted by Crippen LogP contribution is -2.14. The average Bonchev–Trinajstić information content (AvgIpc) is 2.36. The van der Waals surface area contributed by atoms with Crippen molar-refractivity contribution in [2.75, 3.05) is 0 Å². The fourth-order valence-corrected chi connectivity index (χ4v) is 2.19. The summed E-state index contributed by atoms with van der Waals surface area (Å²) >= 11 is 0. The van der Waals surface area contributed by atoms with E-state index in [1.165, 1.54) is 0 Å². The number of benzene rings is 2.